The van der Waals surface area contributed by atoms with E-state index in [0.29, 0.717) is 18.7 Å². The fourth-order valence-electron chi connectivity index (χ4n) is 2.65. The average molecular weight is 314 g/mol. The third-order valence-corrected chi connectivity index (χ3v) is 5.32. The Kier molecular flexibility index (Phi) is 5.08. The number of sulfonamides is 1. The third-order valence-electron chi connectivity index (χ3n) is 3.82. The Morgan fingerprint density at radius 3 is 2.81 bits per heavy atom. The lowest BCUT2D eigenvalue weighted by molar-refractivity contribution is 0.102. The molecule has 0 bridgehead atoms. The molecular formula is C14H22N2O4S. The van der Waals surface area contributed by atoms with Crippen molar-refractivity contribution in [3.8, 4) is 5.75 Å². The second-order valence-corrected chi connectivity index (χ2v) is 7.18. The van der Waals surface area contributed by atoms with E-state index < -0.39 is 10.0 Å². The highest BCUT2D eigenvalue weighted by Crippen LogP contribution is 2.26. The van der Waals surface area contributed by atoms with Crippen LogP contribution in [0.25, 0.3) is 0 Å². The van der Waals surface area contributed by atoms with E-state index >= 15 is 0 Å². The highest BCUT2D eigenvalue weighted by atomic mass is 32.2. The molecule has 1 fully saturated rings. The van der Waals surface area contributed by atoms with Crippen LogP contribution in [0.3, 0.4) is 0 Å². The van der Waals surface area contributed by atoms with Crippen molar-refractivity contribution in [3.63, 3.8) is 0 Å². The molecule has 2 unspecified atom stereocenters. The Labute approximate surface area is 125 Å². The number of aliphatic hydroxyl groups is 1. The van der Waals surface area contributed by atoms with Gasteiger partial charge in [-0.15, -0.1) is 0 Å². The van der Waals surface area contributed by atoms with Crippen LogP contribution in [-0.4, -0.2) is 33.3 Å². The van der Waals surface area contributed by atoms with Crippen molar-refractivity contribution in [2.45, 2.75) is 36.7 Å². The number of anilines is 1. The molecule has 0 radical (unpaired) electrons. The quantitative estimate of drug-likeness (QED) is 0.707. The minimum Gasteiger partial charge on any atom is -0.497 e. The fraction of sp³-hybridized carbons (Fsp3) is 0.571. The first-order valence-electron chi connectivity index (χ1n) is 7.03. The summed E-state index contributed by atoms with van der Waals surface area (Å²) in [6.07, 6.45) is 2.98. The summed E-state index contributed by atoms with van der Waals surface area (Å²) < 4.78 is 32.2. The maximum absolute atomic E-state index is 12.3. The van der Waals surface area contributed by atoms with E-state index in [1.165, 1.54) is 19.2 Å². The maximum Gasteiger partial charge on any atom is 0.242 e. The summed E-state index contributed by atoms with van der Waals surface area (Å²) in [6.45, 7) is 0.324. The first-order valence-corrected chi connectivity index (χ1v) is 8.52. The number of aliphatic hydroxyl groups excluding tert-OH is 1. The van der Waals surface area contributed by atoms with Crippen molar-refractivity contribution in [2.24, 2.45) is 5.92 Å². The molecule has 4 N–H and O–H groups in total. The molecule has 1 saturated carbocycles. The SMILES string of the molecule is COc1ccc(S(=O)(=O)NCC2CCCC(O)C2)c(N)c1. The van der Waals surface area contributed by atoms with Gasteiger partial charge in [-0.05, 0) is 37.3 Å². The zero-order valence-corrected chi connectivity index (χ0v) is 12.9. The Hall–Kier alpha value is -1.31. The largest absolute Gasteiger partial charge is 0.497 e. The van der Waals surface area contributed by atoms with E-state index in [4.69, 9.17) is 10.5 Å². The van der Waals surface area contributed by atoms with Crippen LogP contribution in [0.4, 0.5) is 5.69 Å². The van der Waals surface area contributed by atoms with Gasteiger partial charge in [0.1, 0.15) is 10.6 Å². The van der Waals surface area contributed by atoms with E-state index in [1.54, 1.807) is 6.07 Å². The molecule has 0 heterocycles. The molecule has 0 spiro atoms. The molecule has 0 amide bonds. The Morgan fingerprint density at radius 2 is 2.19 bits per heavy atom. The van der Waals surface area contributed by atoms with Gasteiger partial charge in [0.2, 0.25) is 10.0 Å². The molecule has 0 aromatic heterocycles. The number of nitrogen functional groups attached to an aromatic ring is 1. The zero-order chi connectivity index (χ0) is 15.5. The van der Waals surface area contributed by atoms with Crippen molar-refractivity contribution < 1.29 is 18.3 Å². The molecule has 1 aliphatic carbocycles. The van der Waals surface area contributed by atoms with Crippen molar-refractivity contribution in [1.29, 1.82) is 0 Å². The second kappa shape index (κ2) is 6.64. The van der Waals surface area contributed by atoms with E-state index in [0.717, 1.165) is 19.3 Å². The zero-order valence-electron chi connectivity index (χ0n) is 12.1. The van der Waals surface area contributed by atoms with Crippen LogP contribution in [0.1, 0.15) is 25.7 Å². The summed E-state index contributed by atoms with van der Waals surface area (Å²) in [5, 5.41) is 9.62. The van der Waals surface area contributed by atoms with E-state index in [2.05, 4.69) is 4.72 Å². The number of nitrogens with one attached hydrogen (secondary N) is 1. The number of methoxy groups -OCH3 is 1. The lowest BCUT2D eigenvalue weighted by Crippen LogP contribution is -2.33. The molecule has 1 aliphatic rings. The van der Waals surface area contributed by atoms with Gasteiger partial charge in [-0.25, -0.2) is 13.1 Å². The van der Waals surface area contributed by atoms with Crippen molar-refractivity contribution in [3.05, 3.63) is 18.2 Å². The van der Waals surface area contributed by atoms with Crippen LogP contribution in [0, 0.1) is 5.92 Å². The van der Waals surface area contributed by atoms with E-state index in [-0.39, 0.29) is 22.6 Å². The highest BCUT2D eigenvalue weighted by Gasteiger charge is 2.23. The number of nitrogens with two attached hydrogens (primary N) is 1. The van der Waals surface area contributed by atoms with Gasteiger partial charge >= 0.3 is 0 Å². The van der Waals surface area contributed by atoms with Crippen molar-refractivity contribution in [2.75, 3.05) is 19.4 Å². The molecule has 0 aliphatic heterocycles. The van der Waals surface area contributed by atoms with Gasteiger partial charge in [0.25, 0.3) is 0 Å². The molecule has 118 valence electrons. The van der Waals surface area contributed by atoms with Crippen LogP contribution in [-0.2, 0) is 10.0 Å². The molecule has 1 aromatic rings. The summed E-state index contributed by atoms with van der Waals surface area (Å²) in [4.78, 5) is 0.0552. The standard InChI is InChI=1S/C14H22N2O4S/c1-20-12-5-6-14(13(15)8-12)21(18,19)16-9-10-3-2-4-11(17)7-10/h5-6,8,10-11,16-17H,2-4,7,9,15H2,1H3. The molecule has 21 heavy (non-hydrogen) atoms. The molecule has 6 nitrogen and oxygen atoms in total. The van der Waals surface area contributed by atoms with Gasteiger partial charge < -0.3 is 15.6 Å². The lowest BCUT2D eigenvalue weighted by Gasteiger charge is -2.25. The van der Waals surface area contributed by atoms with Crippen LogP contribution < -0.4 is 15.2 Å². The average Bonchev–Trinajstić information content (AvgIpc) is 2.45. The number of hydrogen-bond donors (Lipinski definition) is 3. The lowest BCUT2D eigenvalue weighted by atomic mass is 9.87. The monoisotopic (exact) mass is 314 g/mol. The number of hydrogen-bond acceptors (Lipinski definition) is 5. The molecule has 1 aromatic carbocycles. The highest BCUT2D eigenvalue weighted by molar-refractivity contribution is 7.89. The van der Waals surface area contributed by atoms with Gasteiger partial charge in [-0.2, -0.15) is 0 Å². The number of rotatable bonds is 5. The Bertz CT molecular complexity index is 589. The smallest absolute Gasteiger partial charge is 0.242 e. The van der Waals surface area contributed by atoms with Gasteiger partial charge in [-0.1, -0.05) is 6.42 Å². The second-order valence-electron chi connectivity index (χ2n) is 5.44. The van der Waals surface area contributed by atoms with Crippen LogP contribution >= 0.6 is 0 Å². The van der Waals surface area contributed by atoms with Crippen molar-refractivity contribution >= 4 is 15.7 Å². The maximum atomic E-state index is 12.3. The first-order chi connectivity index (χ1) is 9.92. The normalized spacial score (nSPS) is 23.0. The Balaban J connectivity index is 2.04. The predicted octanol–water partition coefficient (Wildman–Crippen LogP) is 1.11. The molecular weight excluding hydrogens is 292 g/mol. The van der Waals surface area contributed by atoms with Crippen LogP contribution in [0.2, 0.25) is 0 Å². The molecule has 0 saturated heterocycles. The van der Waals surface area contributed by atoms with Crippen LogP contribution in [0.5, 0.6) is 5.75 Å². The van der Waals surface area contributed by atoms with Gasteiger partial charge in [0, 0.05) is 12.6 Å². The summed E-state index contributed by atoms with van der Waals surface area (Å²) in [5.41, 5.74) is 5.93. The summed E-state index contributed by atoms with van der Waals surface area (Å²) in [6, 6.07) is 4.49. The minimum atomic E-state index is -3.64. The van der Waals surface area contributed by atoms with E-state index in [9.17, 15) is 13.5 Å². The predicted molar refractivity (Wildman–Crippen MR) is 80.6 cm³/mol. The molecule has 2 atom stereocenters. The van der Waals surface area contributed by atoms with Crippen molar-refractivity contribution in [1.82, 2.24) is 4.72 Å². The summed E-state index contributed by atoms with van der Waals surface area (Å²) >= 11 is 0. The summed E-state index contributed by atoms with van der Waals surface area (Å²) in [7, 11) is -2.15. The summed E-state index contributed by atoms with van der Waals surface area (Å²) in [5.74, 6) is 0.685. The van der Waals surface area contributed by atoms with Crippen LogP contribution in [0.15, 0.2) is 23.1 Å². The van der Waals surface area contributed by atoms with Gasteiger partial charge in [0.05, 0.1) is 18.9 Å². The fourth-order valence-corrected chi connectivity index (χ4v) is 3.88. The van der Waals surface area contributed by atoms with E-state index in [1.807, 2.05) is 0 Å². The topological polar surface area (TPSA) is 102 Å². The van der Waals surface area contributed by atoms with Gasteiger partial charge in [0.15, 0.2) is 0 Å². The number of ether oxygens (including phenoxy) is 1. The molecule has 7 heteroatoms. The number of benzene rings is 1. The third kappa shape index (κ3) is 4.09. The van der Waals surface area contributed by atoms with Gasteiger partial charge in [-0.3, -0.25) is 0 Å². The Morgan fingerprint density at radius 1 is 1.43 bits per heavy atom. The first kappa shape index (κ1) is 16.1. The molecule has 2 rings (SSSR count). The minimum absolute atomic E-state index is 0.0552.